The maximum absolute atomic E-state index is 5.62. The van der Waals surface area contributed by atoms with E-state index in [1.165, 1.54) is 55.2 Å². The van der Waals surface area contributed by atoms with Crippen molar-refractivity contribution in [1.29, 1.82) is 0 Å². The van der Waals surface area contributed by atoms with Crippen LogP contribution in [0.1, 0.15) is 43.6 Å². The second-order valence-corrected chi connectivity index (χ2v) is 8.47. The zero-order chi connectivity index (χ0) is 18.1. The van der Waals surface area contributed by atoms with Crippen LogP contribution in [-0.2, 0) is 4.74 Å². The number of fused-ring (bicyclic) bond motifs is 1. The zero-order valence-electron chi connectivity index (χ0n) is 15.6. The van der Waals surface area contributed by atoms with Gasteiger partial charge in [0.2, 0.25) is 0 Å². The first kappa shape index (κ1) is 17.3. The van der Waals surface area contributed by atoms with Crippen LogP contribution < -0.4 is 0 Å². The molecule has 4 heterocycles. The van der Waals surface area contributed by atoms with Crippen molar-refractivity contribution in [1.82, 2.24) is 19.9 Å². The van der Waals surface area contributed by atoms with Gasteiger partial charge in [-0.1, -0.05) is 0 Å². The molecular weight excluding hydrogens is 356 g/mol. The summed E-state index contributed by atoms with van der Waals surface area (Å²) < 4.78 is 5.62. The molecule has 1 aliphatic heterocycles. The number of aromatic nitrogens is 3. The second-order valence-electron chi connectivity index (χ2n) is 7.75. The Morgan fingerprint density at radius 2 is 2.04 bits per heavy atom. The average Bonchev–Trinajstić information content (AvgIpc) is 3.30. The molecule has 2 fully saturated rings. The Balaban J connectivity index is 1.32. The molecule has 142 valence electrons. The van der Waals surface area contributed by atoms with E-state index in [-0.39, 0.29) is 0 Å². The van der Waals surface area contributed by atoms with E-state index in [1.54, 1.807) is 11.3 Å². The molecule has 5 nitrogen and oxygen atoms in total. The first-order chi connectivity index (χ1) is 13.4. The number of hydrogen-bond acceptors (Lipinski definition) is 5. The number of hydrogen-bond donors (Lipinski definition) is 1. The lowest BCUT2D eigenvalue weighted by atomic mass is 9.81. The Kier molecular flexibility index (Phi) is 4.95. The van der Waals surface area contributed by atoms with Gasteiger partial charge in [-0.25, -0.2) is 9.97 Å². The van der Waals surface area contributed by atoms with E-state index >= 15 is 0 Å². The molecule has 3 aromatic heterocycles. The highest BCUT2D eigenvalue weighted by molar-refractivity contribution is 7.07. The van der Waals surface area contributed by atoms with Crippen LogP contribution >= 0.6 is 11.3 Å². The van der Waals surface area contributed by atoms with Crippen LogP contribution in [0.15, 0.2) is 29.4 Å². The third-order valence-corrected chi connectivity index (χ3v) is 6.79. The number of ether oxygens (including phenoxy) is 1. The van der Waals surface area contributed by atoms with Gasteiger partial charge in [0.05, 0.1) is 17.8 Å². The van der Waals surface area contributed by atoms with Crippen molar-refractivity contribution >= 4 is 22.4 Å². The maximum atomic E-state index is 5.62. The number of H-pyrrole nitrogens is 1. The van der Waals surface area contributed by atoms with Crippen LogP contribution in [0.4, 0.5) is 0 Å². The highest BCUT2D eigenvalue weighted by Gasteiger charge is 2.27. The Labute approximate surface area is 163 Å². The van der Waals surface area contributed by atoms with Gasteiger partial charge in [-0.05, 0) is 49.7 Å². The summed E-state index contributed by atoms with van der Waals surface area (Å²) in [5.74, 6) is 0.625. The minimum absolute atomic E-state index is 0.625. The van der Waals surface area contributed by atoms with Gasteiger partial charge in [0, 0.05) is 54.5 Å². The number of pyridine rings is 1. The van der Waals surface area contributed by atoms with E-state index in [0.717, 1.165) is 37.1 Å². The number of nitrogens with one attached hydrogen (secondary N) is 1. The van der Waals surface area contributed by atoms with Gasteiger partial charge in [0.1, 0.15) is 5.65 Å². The fourth-order valence-corrected chi connectivity index (χ4v) is 5.26. The first-order valence-corrected chi connectivity index (χ1v) is 11.0. The summed E-state index contributed by atoms with van der Waals surface area (Å²) in [6.45, 7) is 4.12. The lowest BCUT2D eigenvalue weighted by Crippen LogP contribution is -2.39. The van der Waals surface area contributed by atoms with Crippen LogP contribution in [0.5, 0.6) is 0 Å². The summed E-state index contributed by atoms with van der Waals surface area (Å²) >= 11 is 1.63. The molecule has 5 rings (SSSR count). The Hall–Kier alpha value is -1.76. The lowest BCUT2D eigenvalue weighted by molar-refractivity contribution is 0.118. The first-order valence-electron chi connectivity index (χ1n) is 10.1. The van der Waals surface area contributed by atoms with Gasteiger partial charge in [-0.2, -0.15) is 0 Å². The van der Waals surface area contributed by atoms with Crippen molar-refractivity contribution in [3.8, 4) is 11.3 Å². The topological polar surface area (TPSA) is 54.0 Å². The lowest BCUT2D eigenvalue weighted by Gasteiger charge is -2.36. The molecule has 1 saturated heterocycles. The third kappa shape index (κ3) is 3.53. The molecule has 2 aliphatic rings. The van der Waals surface area contributed by atoms with Gasteiger partial charge >= 0.3 is 0 Å². The Morgan fingerprint density at radius 1 is 1.11 bits per heavy atom. The van der Waals surface area contributed by atoms with Gasteiger partial charge in [0.15, 0.2) is 0 Å². The maximum Gasteiger partial charge on any atom is 0.137 e. The molecule has 1 N–H and O–H groups in total. The van der Waals surface area contributed by atoms with Crippen LogP contribution in [0.2, 0.25) is 0 Å². The summed E-state index contributed by atoms with van der Waals surface area (Å²) in [4.78, 5) is 15.1. The van der Waals surface area contributed by atoms with Crippen molar-refractivity contribution < 1.29 is 4.74 Å². The number of aromatic amines is 1. The molecule has 1 aliphatic carbocycles. The fraction of sp³-hybridized carbons (Fsp3) is 0.524. The quantitative estimate of drug-likeness (QED) is 0.728. The van der Waals surface area contributed by atoms with Gasteiger partial charge in [-0.3, -0.25) is 4.90 Å². The molecule has 6 heteroatoms. The van der Waals surface area contributed by atoms with Crippen molar-refractivity contribution in [2.75, 3.05) is 26.3 Å². The minimum Gasteiger partial charge on any atom is -0.380 e. The van der Waals surface area contributed by atoms with Crippen molar-refractivity contribution in [3.63, 3.8) is 0 Å². The SMILES string of the molecule is c1nc(-c2c[nH]c3ncc(C4CCC(N5CCCOCC5)CC4)cc23)cs1. The van der Waals surface area contributed by atoms with E-state index in [2.05, 4.69) is 32.5 Å². The predicted octanol–water partition coefficient (Wildman–Crippen LogP) is 4.43. The Bertz CT molecular complexity index is 875. The fourth-order valence-electron chi connectivity index (χ4n) is 4.71. The van der Waals surface area contributed by atoms with E-state index in [1.807, 2.05) is 11.7 Å². The monoisotopic (exact) mass is 382 g/mol. The molecule has 0 spiro atoms. The zero-order valence-corrected chi connectivity index (χ0v) is 16.4. The van der Waals surface area contributed by atoms with E-state index < -0.39 is 0 Å². The number of thiazole rings is 1. The summed E-state index contributed by atoms with van der Waals surface area (Å²) in [6.07, 6.45) is 10.4. The van der Waals surface area contributed by atoms with Crippen LogP contribution in [0.25, 0.3) is 22.3 Å². The smallest absolute Gasteiger partial charge is 0.137 e. The molecule has 3 aromatic rings. The predicted molar refractivity (Wildman–Crippen MR) is 109 cm³/mol. The molecule has 0 atom stereocenters. The van der Waals surface area contributed by atoms with Crippen LogP contribution in [-0.4, -0.2) is 52.2 Å². The molecule has 0 amide bonds. The Morgan fingerprint density at radius 3 is 2.89 bits per heavy atom. The highest BCUT2D eigenvalue weighted by Crippen LogP contribution is 2.37. The van der Waals surface area contributed by atoms with Crippen LogP contribution in [0.3, 0.4) is 0 Å². The largest absolute Gasteiger partial charge is 0.380 e. The molecule has 0 bridgehead atoms. The molecule has 0 radical (unpaired) electrons. The molecule has 1 saturated carbocycles. The summed E-state index contributed by atoms with van der Waals surface area (Å²) in [5.41, 5.74) is 6.44. The summed E-state index contributed by atoms with van der Waals surface area (Å²) in [6, 6.07) is 3.08. The normalized spacial score (nSPS) is 24.9. The molecule has 0 unspecified atom stereocenters. The van der Waals surface area contributed by atoms with Gasteiger partial charge in [-0.15, -0.1) is 11.3 Å². The van der Waals surface area contributed by atoms with Crippen molar-refractivity contribution in [3.05, 3.63) is 34.9 Å². The van der Waals surface area contributed by atoms with Crippen molar-refractivity contribution in [2.45, 2.75) is 44.1 Å². The summed E-state index contributed by atoms with van der Waals surface area (Å²) in [7, 11) is 0. The van der Waals surface area contributed by atoms with Crippen molar-refractivity contribution in [2.24, 2.45) is 0 Å². The molecular formula is C21H26N4OS. The minimum atomic E-state index is 0.625. The average molecular weight is 383 g/mol. The highest BCUT2D eigenvalue weighted by atomic mass is 32.1. The van der Waals surface area contributed by atoms with Crippen LogP contribution in [0, 0.1) is 0 Å². The summed E-state index contributed by atoms with van der Waals surface area (Å²) in [5, 5.41) is 3.30. The van der Waals surface area contributed by atoms with Gasteiger partial charge in [0.25, 0.3) is 0 Å². The molecule has 27 heavy (non-hydrogen) atoms. The van der Waals surface area contributed by atoms with E-state index in [9.17, 15) is 0 Å². The third-order valence-electron chi connectivity index (χ3n) is 6.20. The van der Waals surface area contributed by atoms with Gasteiger partial charge < -0.3 is 9.72 Å². The molecule has 0 aromatic carbocycles. The second kappa shape index (κ2) is 7.70. The number of nitrogens with zero attached hydrogens (tertiary/aromatic N) is 3. The number of rotatable bonds is 3. The van der Waals surface area contributed by atoms with E-state index in [4.69, 9.17) is 9.72 Å². The standard InChI is InChI=1S/C21H26N4OS/c1-6-25(7-9-26-8-1)17-4-2-15(3-5-17)16-10-18-19(20-13-27-14-24-20)12-23-21(18)22-11-16/h10-15,17H,1-9H2,(H,22,23). The van der Waals surface area contributed by atoms with E-state index in [0.29, 0.717) is 5.92 Å².